The van der Waals surface area contributed by atoms with Crippen LogP contribution >= 0.6 is 0 Å². The first-order valence-corrected chi connectivity index (χ1v) is 3.45. The van der Waals surface area contributed by atoms with Gasteiger partial charge in [-0.25, -0.2) is 0 Å². The van der Waals surface area contributed by atoms with Crippen molar-refractivity contribution in [2.45, 2.75) is 13.3 Å². The van der Waals surface area contributed by atoms with E-state index < -0.39 is 0 Å². The SMILES string of the molecule is [CH2]c1cccc(CC)c1N. The van der Waals surface area contributed by atoms with Crippen molar-refractivity contribution in [3.63, 3.8) is 0 Å². The summed E-state index contributed by atoms with van der Waals surface area (Å²) >= 11 is 0. The van der Waals surface area contributed by atoms with Gasteiger partial charge in [0.25, 0.3) is 0 Å². The van der Waals surface area contributed by atoms with Gasteiger partial charge in [-0.05, 0) is 24.5 Å². The molecule has 0 aliphatic heterocycles. The van der Waals surface area contributed by atoms with E-state index in [1.54, 1.807) is 0 Å². The van der Waals surface area contributed by atoms with Crippen LogP contribution in [0.2, 0.25) is 0 Å². The molecule has 0 bridgehead atoms. The number of rotatable bonds is 1. The summed E-state index contributed by atoms with van der Waals surface area (Å²) in [6.07, 6.45) is 0.981. The van der Waals surface area contributed by atoms with Crippen LogP contribution in [-0.4, -0.2) is 0 Å². The van der Waals surface area contributed by atoms with Crippen LogP contribution in [0.15, 0.2) is 18.2 Å². The fraction of sp³-hybridized carbons (Fsp3) is 0.222. The Morgan fingerprint density at radius 1 is 1.50 bits per heavy atom. The largest absolute Gasteiger partial charge is 0.398 e. The van der Waals surface area contributed by atoms with Crippen molar-refractivity contribution in [1.29, 1.82) is 0 Å². The van der Waals surface area contributed by atoms with E-state index in [2.05, 4.69) is 13.8 Å². The summed E-state index contributed by atoms with van der Waals surface area (Å²) in [5, 5.41) is 0. The van der Waals surface area contributed by atoms with Gasteiger partial charge >= 0.3 is 0 Å². The smallest absolute Gasteiger partial charge is 0.0379 e. The van der Waals surface area contributed by atoms with Crippen molar-refractivity contribution in [2.24, 2.45) is 0 Å². The van der Waals surface area contributed by atoms with Crippen molar-refractivity contribution in [2.75, 3.05) is 5.73 Å². The second kappa shape index (κ2) is 2.74. The maximum atomic E-state index is 5.73. The van der Waals surface area contributed by atoms with Gasteiger partial charge in [0.1, 0.15) is 0 Å². The predicted molar refractivity (Wildman–Crippen MR) is 44.7 cm³/mol. The van der Waals surface area contributed by atoms with Gasteiger partial charge < -0.3 is 5.73 Å². The van der Waals surface area contributed by atoms with Gasteiger partial charge in [0.2, 0.25) is 0 Å². The average molecular weight is 134 g/mol. The molecule has 0 aromatic heterocycles. The van der Waals surface area contributed by atoms with Crippen LogP contribution in [0.5, 0.6) is 0 Å². The third-order valence-electron chi connectivity index (χ3n) is 1.67. The highest BCUT2D eigenvalue weighted by Gasteiger charge is 1.96. The number of nitrogen functional groups attached to an aromatic ring is 1. The minimum atomic E-state index is 0.838. The second-order valence-corrected chi connectivity index (χ2v) is 2.34. The molecule has 10 heavy (non-hydrogen) atoms. The lowest BCUT2D eigenvalue weighted by Crippen LogP contribution is -1.94. The first-order chi connectivity index (χ1) is 4.75. The summed E-state index contributed by atoms with van der Waals surface area (Å²) in [7, 11) is 0. The van der Waals surface area contributed by atoms with E-state index in [0.29, 0.717) is 0 Å². The molecule has 2 N–H and O–H groups in total. The minimum absolute atomic E-state index is 0.838. The molecule has 0 saturated carbocycles. The zero-order chi connectivity index (χ0) is 7.56. The predicted octanol–water partition coefficient (Wildman–Crippen LogP) is 2.01. The van der Waals surface area contributed by atoms with Crippen LogP contribution in [0, 0.1) is 6.92 Å². The Morgan fingerprint density at radius 3 is 2.70 bits per heavy atom. The molecule has 0 unspecified atom stereocenters. The molecular weight excluding hydrogens is 122 g/mol. The van der Waals surface area contributed by atoms with Crippen molar-refractivity contribution < 1.29 is 0 Å². The van der Waals surface area contributed by atoms with Crippen LogP contribution in [0.1, 0.15) is 18.1 Å². The molecule has 1 heteroatoms. The number of para-hydroxylation sites is 1. The maximum absolute atomic E-state index is 5.73. The van der Waals surface area contributed by atoms with Gasteiger partial charge in [0.15, 0.2) is 0 Å². The molecule has 53 valence electrons. The number of hydrogen-bond donors (Lipinski definition) is 1. The summed E-state index contributed by atoms with van der Waals surface area (Å²) < 4.78 is 0. The number of benzene rings is 1. The molecule has 0 atom stereocenters. The molecule has 1 aromatic carbocycles. The van der Waals surface area contributed by atoms with Crippen LogP contribution < -0.4 is 5.73 Å². The van der Waals surface area contributed by atoms with E-state index in [-0.39, 0.29) is 0 Å². The lowest BCUT2D eigenvalue weighted by atomic mass is 10.1. The molecule has 1 nitrogen and oxygen atoms in total. The Kier molecular flexibility index (Phi) is 1.95. The lowest BCUT2D eigenvalue weighted by molar-refractivity contribution is 1.14. The van der Waals surface area contributed by atoms with Gasteiger partial charge in [0.05, 0.1) is 0 Å². The average Bonchev–Trinajstić information content (AvgIpc) is 1.95. The summed E-state index contributed by atoms with van der Waals surface area (Å²) in [6, 6.07) is 5.94. The Bertz CT molecular complexity index is 228. The van der Waals surface area contributed by atoms with Crippen molar-refractivity contribution in [1.82, 2.24) is 0 Å². The number of aryl methyl sites for hydroxylation is 1. The van der Waals surface area contributed by atoms with E-state index in [4.69, 9.17) is 5.73 Å². The quantitative estimate of drug-likeness (QED) is 0.584. The summed E-state index contributed by atoms with van der Waals surface area (Å²) in [5.41, 5.74) is 8.69. The normalized spacial score (nSPS) is 9.80. The van der Waals surface area contributed by atoms with Crippen LogP contribution in [0.3, 0.4) is 0 Å². The monoisotopic (exact) mass is 134 g/mol. The molecule has 0 saturated heterocycles. The molecule has 0 aliphatic rings. The second-order valence-electron chi connectivity index (χ2n) is 2.34. The maximum Gasteiger partial charge on any atom is 0.0379 e. The minimum Gasteiger partial charge on any atom is -0.398 e. The van der Waals surface area contributed by atoms with Crippen LogP contribution in [0.4, 0.5) is 5.69 Å². The molecule has 1 radical (unpaired) electrons. The van der Waals surface area contributed by atoms with Gasteiger partial charge in [-0.15, -0.1) is 0 Å². The van der Waals surface area contributed by atoms with E-state index in [1.165, 1.54) is 5.56 Å². The fourth-order valence-electron chi connectivity index (χ4n) is 0.975. The van der Waals surface area contributed by atoms with Gasteiger partial charge in [-0.2, -0.15) is 0 Å². The van der Waals surface area contributed by atoms with E-state index in [0.717, 1.165) is 17.7 Å². The summed E-state index contributed by atoms with van der Waals surface area (Å²) in [6.45, 7) is 5.89. The summed E-state index contributed by atoms with van der Waals surface area (Å²) in [5.74, 6) is 0. The molecule has 0 spiro atoms. The van der Waals surface area contributed by atoms with Crippen LogP contribution in [0.25, 0.3) is 0 Å². The zero-order valence-corrected chi connectivity index (χ0v) is 6.22. The number of nitrogens with two attached hydrogens (primary N) is 1. The Labute approximate surface area is 61.9 Å². The Hall–Kier alpha value is -0.980. The standard InChI is InChI=1S/C9H12N/c1-3-8-6-4-5-7(2)9(8)10/h4-6H,2-3,10H2,1H3. The van der Waals surface area contributed by atoms with Gasteiger partial charge in [0, 0.05) is 5.69 Å². The molecule has 0 heterocycles. The van der Waals surface area contributed by atoms with Crippen LogP contribution in [-0.2, 0) is 6.42 Å². The molecule has 1 aromatic rings. The van der Waals surface area contributed by atoms with E-state index in [9.17, 15) is 0 Å². The molecule has 0 amide bonds. The lowest BCUT2D eigenvalue weighted by Gasteiger charge is -2.03. The molecular formula is C9H12N. The fourth-order valence-corrected chi connectivity index (χ4v) is 0.975. The zero-order valence-electron chi connectivity index (χ0n) is 6.22. The molecule has 1 rings (SSSR count). The highest BCUT2D eigenvalue weighted by Crippen LogP contribution is 2.15. The van der Waals surface area contributed by atoms with E-state index in [1.807, 2.05) is 18.2 Å². The van der Waals surface area contributed by atoms with Gasteiger partial charge in [-0.1, -0.05) is 25.1 Å². The third-order valence-corrected chi connectivity index (χ3v) is 1.67. The third kappa shape index (κ3) is 1.13. The summed E-state index contributed by atoms with van der Waals surface area (Å²) in [4.78, 5) is 0. The topological polar surface area (TPSA) is 26.0 Å². The first-order valence-electron chi connectivity index (χ1n) is 3.45. The highest BCUT2D eigenvalue weighted by atomic mass is 14.6. The Morgan fingerprint density at radius 2 is 2.20 bits per heavy atom. The van der Waals surface area contributed by atoms with E-state index >= 15 is 0 Å². The van der Waals surface area contributed by atoms with Crippen molar-refractivity contribution in [3.05, 3.63) is 36.2 Å². The number of hydrogen-bond acceptors (Lipinski definition) is 1. The van der Waals surface area contributed by atoms with Gasteiger partial charge in [-0.3, -0.25) is 0 Å². The highest BCUT2D eigenvalue weighted by molar-refractivity contribution is 5.54. The molecule has 0 fully saturated rings. The van der Waals surface area contributed by atoms with Crippen molar-refractivity contribution in [3.8, 4) is 0 Å². The first kappa shape index (κ1) is 7.13. The van der Waals surface area contributed by atoms with Crippen molar-refractivity contribution >= 4 is 5.69 Å². The molecule has 0 aliphatic carbocycles. The number of anilines is 1. The Balaban J connectivity index is 3.14.